The Balaban J connectivity index is 1.33. The Morgan fingerprint density at radius 3 is 2.75 bits per heavy atom. The zero-order valence-corrected chi connectivity index (χ0v) is 15.8. The number of hydrogen-bond acceptors (Lipinski definition) is 5. The number of amides is 1. The van der Waals surface area contributed by atoms with Crippen LogP contribution in [0.5, 0.6) is 5.75 Å². The molecule has 4 rings (SSSR count). The third kappa shape index (κ3) is 4.03. The number of ether oxygens (including phenoxy) is 1. The first-order valence-corrected chi connectivity index (χ1v) is 9.48. The van der Waals surface area contributed by atoms with Gasteiger partial charge in [-0.25, -0.2) is 4.98 Å². The Kier molecular flexibility index (Phi) is 5.32. The molecule has 144 valence electrons. The van der Waals surface area contributed by atoms with Crippen LogP contribution in [0.1, 0.15) is 29.0 Å². The lowest BCUT2D eigenvalue weighted by molar-refractivity contribution is 0.0689. The van der Waals surface area contributed by atoms with Crippen LogP contribution < -0.4 is 4.74 Å². The van der Waals surface area contributed by atoms with E-state index in [0.717, 1.165) is 43.7 Å². The smallest absolute Gasteiger partial charge is 0.253 e. The van der Waals surface area contributed by atoms with Gasteiger partial charge in [-0.3, -0.25) is 14.9 Å². The van der Waals surface area contributed by atoms with E-state index < -0.39 is 0 Å². The van der Waals surface area contributed by atoms with Gasteiger partial charge in [0, 0.05) is 43.0 Å². The second-order valence-corrected chi connectivity index (χ2v) is 7.01. The quantitative estimate of drug-likeness (QED) is 0.739. The highest BCUT2D eigenvalue weighted by molar-refractivity contribution is 5.94. The molecule has 7 nitrogen and oxygen atoms in total. The predicted molar refractivity (Wildman–Crippen MR) is 105 cm³/mol. The lowest BCUT2D eigenvalue weighted by atomic mass is 9.93. The molecule has 1 amide bonds. The number of benzene rings is 1. The Labute approximate surface area is 163 Å². The van der Waals surface area contributed by atoms with E-state index in [4.69, 9.17) is 4.74 Å². The van der Waals surface area contributed by atoms with Crippen molar-refractivity contribution in [2.24, 2.45) is 5.92 Å². The summed E-state index contributed by atoms with van der Waals surface area (Å²) in [6, 6.07) is 11.1. The van der Waals surface area contributed by atoms with Gasteiger partial charge >= 0.3 is 0 Å². The van der Waals surface area contributed by atoms with Crippen LogP contribution in [-0.2, 0) is 6.42 Å². The van der Waals surface area contributed by atoms with Crippen molar-refractivity contribution in [1.29, 1.82) is 0 Å². The van der Waals surface area contributed by atoms with Crippen molar-refractivity contribution >= 4 is 5.91 Å². The average Bonchev–Trinajstić information content (AvgIpc) is 3.23. The number of carbonyl (C=O) groups excluding carboxylic acids is 1. The molecule has 1 aromatic carbocycles. The third-order valence-electron chi connectivity index (χ3n) is 5.17. The molecule has 1 aliphatic rings. The highest BCUT2D eigenvalue weighted by Gasteiger charge is 2.25. The molecule has 28 heavy (non-hydrogen) atoms. The molecule has 0 atom stereocenters. The SMILES string of the molecule is COc1cccc(C(=O)N2CCC(Cc3nc(-c4ccncc4)n[nH]3)CC2)c1. The van der Waals surface area contributed by atoms with Crippen molar-refractivity contribution in [3.63, 3.8) is 0 Å². The number of aromatic nitrogens is 4. The van der Waals surface area contributed by atoms with E-state index in [1.54, 1.807) is 25.6 Å². The van der Waals surface area contributed by atoms with Gasteiger partial charge in [-0.2, -0.15) is 5.10 Å². The predicted octanol–water partition coefficient (Wildman–Crippen LogP) is 2.97. The molecule has 0 aliphatic carbocycles. The lowest BCUT2D eigenvalue weighted by Crippen LogP contribution is -2.39. The maximum Gasteiger partial charge on any atom is 0.253 e. The van der Waals surface area contributed by atoms with Crippen LogP contribution in [0.2, 0.25) is 0 Å². The number of methoxy groups -OCH3 is 1. The molecule has 0 saturated carbocycles. The van der Waals surface area contributed by atoms with E-state index in [9.17, 15) is 4.79 Å². The van der Waals surface area contributed by atoms with Crippen LogP contribution in [0.15, 0.2) is 48.8 Å². The summed E-state index contributed by atoms with van der Waals surface area (Å²) in [5.41, 5.74) is 1.63. The zero-order chi connectivity index (χ0) is 19.3. The molecule has 1 aliphatic heterocycles. The van der Waals surface area contributed by atoms with Crippen LogP contribution >= 0.6 is 0 Å². The topological polar surface area (TPSA) is 84.0 Å². The summed E-state index contributed by atoms with van der Waals surface area (Å²) >= 11 is 0. The molecule has 1 fully saturated rings. The van der Waals surface area contributed by atoms with E-state index in [0.29, 0.717) is 23.1 Å². The van der Waals surface area contributed by atoms with E-state index in [1.807, 2.05) is 35.2 Å². The number of carbonyl (C=O) groups is 1. The number of piperidine rings is 1. The first-order chi connectivity index (χ1) is 13.7. The standard InChI is InChI=1S/C21H23N5O2/c1-28-18-4-2-3-17(14-18)21(27)26-11-7-15(8-12-26)13-19-23-20(25-24-19)16-5-9-22-10-6-16/h2-6,9-10,14-15H,7-8,11-13H2,1H3,(H,23,24,25). The van der Waals surface area contributed by atoms with Crippen molar-refractivity contribution in [2.45, 2.75) is 19.3 Å². The maximum absolute atomic E-state index is 12.7. The Morgan fingerprint density at radius 1 is 1.21 bits per heavy atom. The fourth-order valence-electron chi connectivity index (χ4n) is 3.57. The van der Waals surface area contributed by atoms with Crippen molar-refractivity contribution < 1.29 is 9.53 Å². The highest BCUT2D eigenvalue weighted by Crippen LogP contribution is 2.23. The fourth-order valence-corrected chi connectivity index (χ4v) is 3.57. The van der Waals surface area contributed by atoms with Crippen molar-refractivity contribution in [3.05, 3.63) is 60.2 Å². The van der Waals surface area contributed by atoms with E-state index >= 15 is 0 Å². The van der Waals surface area contributed by atoms with Gasteiger partial charge < -0.3 is 9.64 Å². The van der Waals surface area contributed by atoms with Gasteiger partial charge in [0.1, 0.15) is 11.6 Å². The summed E-state index contributed by atoms with van der Waals surface area (Å²) in [5.74, 6) is 2.85. The Hall–Kier alpha value is -3.22. The molecule has 1 saturated heterocycles. The number of rotatable bonds is 5. The molecule has 0 spiro atoms. The summed E-state index contributed by atoms with van der Waals surface area (Å²) in [7, 11) is 1.61. The van der Waals surface area contributed by atoms with Crippen LogP contribution in [0.3, 0.4) is 0 Å². The first-order valence-electron chi connectivity index (χ1n) is 9.48. The Morgan fingerprint density at radius 2 is 2.00 bits per heavy atom. The molecular formula is C21H23N5O2. The van der Waals surface area contributed by atoms with Crippen LogP contribution in [0, 0.1) is 5.92 Å². The largest absolute Gasteiger partial charge is 0.497 e. The number of hydrogen-bond donors (Lipinski definition) is 1. The van der Waals surface area contributed by atoms with E-state index in [1.165, 1.54) is 0 Å². The van der Waals surface area contributed by atoms with Gasteiger partial charge in [0.25, 0.3) is 5.91 Å². The van der Waals surface area contributed by atoms with Crippen molar-refractivity contribution in [3.8, 4) is 17.1 Å². The van der Waals surface area contributed by atoms with Gasteiger partial charge in [0.15, 0.2) is 5.82 Å². The minimum atomic E-state index is 0.0667. The molecule has 0 unspecified atom stereocenters. The maximum atomic E-state index is 12.7. The number of aromatic amines is 1. The summed E-state index contributed by atoms with van der Waals surface area (Å²) in [5, 5.41) is 7.36. The van der Waals surface area contributed by atoms with Gasteiger partial charge in [-0.1, -0.05) is 6.07 Å². The minimum absolute atomic E-state index is 0.0667. The molecule has 1 N–H and O–H groups in total. The second kappa shape index (κ2) is 8.21. The van der Waals surface area contributed by atoms with Crippen molar-refractivity contribution in [1.82, 2.24) is 25.1 Å². The normalized spacial score (nSPS) is 14.8. The summed E-state index contributed by atoms with van der Waals surface area (Å²) in [6.07, 6.45) is 6.24. The molecule has 0 bridgehead atoms. The van der Waals surface area contributed by atoms with Gasteiger partial charge in [-0.05, 0) is 49.1 Å². The Bertz CT molecular complexity index is 933. The molecule has 3 aromatic rings. The number of pyridine rings is 1. The molecule has 2 aromatic heterocycles. The van der Waals surface area contributed by atoms with Crippen LogP contribution in [0.4, 0.5) is 0 Å². The van der Waals surface area contributed by atoms with E-state index in [-0.39, 0.29) is 5.91 Å². The molecule has 7 heteroatoms. The summed E-state index contributed by atoms with van der Waals surface area (Å²) in [6.45, 7) is 1.51. The monoisotopic (exact) mass is 377 g/mol. The van der Waals surface area contributed by atoms with Gasteiger partial charge in [0.2, 0.25) is 0 Å². The number of H-pyrrole nitrogens is 1. The van der Waals surface area contributed by atoms with Gasteiger partial charge in [-0.15, -0.1) is 0 Å². The van der Waals surface area contributed by atoms with Crippen molar-refractivity contribution in [2.75, 3.05) is 20.2 Å². The second-order valence-electron chi connectivity index (χ2n) is 7.01. The number of nitrogens with one attached hydrogen (secondary N) is 1. The zero-order valence-electron chi connectivity index (χ0n) is 15.8. The summed E-state index contributed by atoms with van der Waals surface area (Å²) in [4.78, 5) is 23.3. The minimum Gasteiger partial charge on any atom is -0.497 e. The number of likely N-dealkylation sites (tertiary alicyclic amines) is 1. The number of nitrogens with zero attached hydrogens (tertiary/aromatic N) is 4. The third-order valence-corrected chi connectivity index (χ3v) is 5.17. The first kappa shape index (κ1) is 18.2. The highest BCUT2D eigenvalue weighted by atomic mass is 16.5. The van der Waals surface area contributed by atoms with Crippen LogP contribution in [-0.4, -0.2) is 51.2 Å². The lowest BCUT2D eigenvalue weighted by Gasteiger charge is -2.31. The van der Waals surface area contributed by atoms with Gasteiger partial charge in [0.05, 0.1) is 7.11 Å². The van der Waals surface area contributed by atoms with E-state index in [2.05, 4.69) is 20.2 Å². The van der Waals surface area contributed by atoms with Crippen LogP contribution in [0.25, 0.3) is 11.4 Å². The average molecular weight is 377 g/mol. The fraction of sp³-hybridized carbons (Fsp3) is 0.333. The molecule has 3 heterocycles. The summed E-state index contributed by atoms with van der Waals surface area (Å²) < 4.78 is 5.22. The molecular weight excluding hydrogens is 354 g/mol. The molecule has 0 radical (unpaired) electrons.